The molecule has 13 heteroatoms. The number of benzene rings is 1. The minimum Gasteiger partial charge on any atom is -0.395 e. The van der Waals surface area contributed by atoms with Gasteiger partial charge in [0.1, 0.15) is 0 Å². The molecular formula is C23H42N3O9P. The summed E-state index contributed by atoms with van der Waals surface area (Å²) in [4.78, 5) is 15.6. The first-order valence-electron chi connectivity index (χ1n) is 12.1. The molecule has 0 spiro atoms. The standard InChI is InChI=1S/C23H42N3O9P/c1-35-36(33,34)17-19-4-2-18(3-5-19)12-24-6-8-25(20(13-27)22(31)15-29)10-11-26(9-7-24)21(14-28)23(32)16-30/h2-5,20-23,27-32H,6-17H2,1H3,(H,33,34)/t20-,21-,22-,23-/m1/s1. The second-order valence-corrected chi connectivity index (χ2v) is 11.1. The van der Waals surface area contributed by atoms with Crippen LogP contribution in [0.3, 0.4) is 0 Å². The summed E-state index contributed by atoms with van der Waals surface area (Å²) in [6.45, 7) is 1.90. The van der Waals surface area contributed by atoms with E-state index >= 15 is 0 Å². The second kappa shape index (κ2) is 15.4. The Kier molecular flexibility index (Phi) is 13.4. The molecule has 0 aromatic heterocycles. The molecule has 0 amide bonds. The van der Waals surface area contributed by atoms with E-state index < -0.39 is 45.1 Å². The van der Waals surface area contributed by atoms with Crippen molar-refractivity contribution in [3.8, 4) is 0 Å². The largest absolute Gasteiger partial charge is 0.395 e. The highest BCUT2D eigenvalue weighted by Crippen LogP contribution is 2.44. The third-order valence-electron chi connectivity index (χ3n) is 6.75. The van der Waals surface area contributed by atoms with Gasteiger partial charge in [-0.1, -0.05) is 24.3 Å². The molecule has 2 rings (SSSR count). The Balaban J connectivity index is 2.20. The predicted octanol–water partition coefficient (Wildman–Crippen LogP) is -2.13. The molecule has 1 aliphatic heterocycles. The first-order chi connectivity index (χ1) is 17.2. The van der Waals surface area contributed by atoms with Gasteiger partial charge in [0.05, 0.1) is 56.9 Å². The number of hydrogen-bond acceptors (Lipinski definition) is 11. The molecule has 0 aliphatic carbocycles. The van der Waals surface area contributed by atoms with Crippen LogP contribution in [-0.2, 0) is 21.8 Å². The van der Waals surface area contributed by atoms with Crippen molar-refractivity contribution in [2.24, 2.45) is 0 Å². The number of aliphatic hydroxyl groups is 6. The lowest BCUT2D eigenvalue weighted by Gasteiger charge is -2.36. The Morgan fingerprint density at radius 2 is 1.19 bits per heavy atom. The Hall–Kier alpha value is -0.990. The van der Waals surface area contributed by atoms with E-state index in [1.807, 2.05) is 21.9 Å². The molecule has 0 radical (unpaired) electrons. The fourth-order valence-corrected chi connectivity index (χ4v) is 5.26. The quantitative estimate of drug-likeness (QED) is 0.137. The van der Waals surface area contributed by atoms with Crippen LogP contribution in [0.4, 0.5) is 0 Å². The summed E-state index contributed by atoms with van der Waals surface area (Å²) in [5.74, 6) is 0. The van der Waals surface area contributed by atoms with Gasteiger partial charge in [0.15, 0.2) is 0 Å². The third kappa shape index (κ3) is 9.39. The molecule has 7 N–H and O–H groups in total. The first-order valence-corrected chi connectivity index (χ1v) is 13.9. The van der Waals surface area contributed by atoms with Gasteiger partial charge in [0, 0.05) is 52.9 Å². The van der Waals surface area contributed by atoms with Gasteiger partial charge in [0.25, 0.3) is 0 Å². The van der Waals surface area contributed by atoms with Crippen molar-refractivity contribution < 1.29 is 44.6 Å². The maximum atomic E-state index is 11.8. The average molecular weight is 536 g/mol. The zero-order chi connectivity index (χ0) is 26.7. The molecule has 1 saturated heterocycles. The summed E-state index contributed by atoms with van der Waals surface area (Å²) >= 11 is 0. The maximum Gasteiger partial charge on any atom is 0.332 e. The summed E-state index contributed by atoms with van der Waals surface area (Å²) in [6, 6.07) is 5.97. The lowest BCUT2D eigenvalue weighted by Crippen LogP contribution is -2.53. The molecule has 12 nitrogen and oxygen atoms in total. The summed E-state index contributed by atoms with van der Waals surface area (Å²) in [5, 5.41) is 59.1. The summed E-state index contributed by atoms with van der Waals surface area (Å²) < 4.78 is 16.5. The van der Waals surface area contributed by atoms with Crippen LogP contribution < -0.4 is 0 Å². The SMILES string of the molecule is COP(=O)(O)Cc1ccc(CN2CCN([C@H](CO)[C@H](O)CO)CCN([C@H](CO)[C@H](O)CO)CC2)cc1. The van der Waals surface area contributed by atoms with Crippen LogP contribution in [0.5, 0.6) is 0 Å². The molecule has 1 aromatic rings. The van der Waals surface area contributed by atoms with Crippen molar-refractivity contribution in [3.63, 3.8) is 0 Å². The zero-order valence-electron chi connectivity index (χ0n) is 20.8. The summed E-state index contributed by atoms with van der Waals surface area (Å²) in [6.07, 6.45) is -2.34. The number of aliphatic hydroxyl groups excluding tert-OH is 6. The monoisotopic (exact) mass is 535 g/mol. The topological polar surface area (TPSA) is 178 Å². The number of hydrogen-bond donors (Lipinski definition) is 7. The van der Waals surface area contributed by atoms with E-state index in [9.17, 15) is 40.1 Å². The first kappa shape index (κ1) is 31.2. The summed E-state index contributed by atoms with van der Waals surface area (Å²) in [7, 11) is -2.46. The van der Waals surface area contributed by atoms with Gasteiger partial charge in [0.2, 0.25) is 0 Å². The number of rotatable bonds is 13. The van der Waals surface area contributed by atoms with E-state index in [1.54, 1.807) is 12.1 Å². The van der Waals surface area contributed by atoms with Crippen molar-refractivity contribution >= 4 is 7.60 Å². The van der Waals surface area contributed by atoms with Crippen molar-refractivity contribution in [2.45, 2.75) is 37.0 Å². The van der Waals surface area contributed by atoms with Gasteiger partial charge in [-0.15, -0.1) is 0 Å². The molecule has 1 fully saturated rings. The lowest BCUT2D eigenvalue weighted by molar-refractivity contribution is -0.0301. The van der Waals surface area contributed by atoms with E-state index in [0.29, 0.717) is 51.4 Å². The van der Waals surface area contributed by atoms with Crippen molar-refractivity contribution in [1.29, 1.82) is 0 Å². The van der Waals surface area contributed by atoms with Crippen LogP contribution in [-0.4, -0.2) is 147 Å². The Bertz CT molecular complexity index is 774. The van der Waals surface area contributed by atoms with Gasteiger partial charge in [-0.2, -0.15) is 0 Å². The van der Waals surface area contributed by atoms with Gasteiger partial charge in [-0.3, -0.25) is 19.3 Å². The molecule has 1 unspecified atom stereocenters. The van der Waals surface area contributed by atoms with Crippen LogP contribution in [0, 0.1) is 0 Å². The summed E-state index contributed by atoms with van der Waals surface area (Å²) in [5.41, 5.74) is 1.66. The van der Waals surface area contributed by atoms with Crippen molar-refractivity contribution in [1.82, 2.24) is 14.7 Å². The van der Waals surface area contributed by atoms with Crippen LogP contribution in [0.25, 0.3) is 0 Å². The molecule has 36 heavy (non-hydrogen) atoms. The highest BCUT2D eigenvalue weighted by atomic mass is 31.2. The van der Waals surface area contributed by atoms with Gasteiger partial charge < -0.3 is 40.1 Å². The van der Waals surface area contributed by atoms with Crippen LogP contribution in [0.1, 0.15) is 11.1 Å². The average Bonchev–Trinajstić information content (AvgIpc) is 2.97. The maximum absolute atomic E-state index is 11.8. The molecule has 208 valence electrons. The van der Waals surface area contributed by atoms with Crippen LogP contribution in [0.2, 0.25) is 0 Å². The highest BCUT2D eigenvalue weighted by molar-refractivity contribution is 7.51. The fourth-order valence-electron chi connectivity index (χ4n) is 4.46. The lowest BCUT2D eigenvalue weighted by atomic mass is 10.1. The third-order valence-corrected chi connectivity index (χ3v) is 8.09. The van der Waals surface area contributed by atoms with Crippen molar-refractivity contribution in [2.75, 3.05) is 72.8 Å². The van der Waals surface area contributed by atoms with Gasteiger partial charge in [-0.05, 0) is 11.1 Å². The second-order valence-electron chi connectivity index (χ2n) is 9.14. The van der Waals surface area contributed by atoms with E-state index in [2.05, 4.69) is 9.42 Å². The molecule has 0 saturated carbocycles. The Labute approximate surface area is 212 Å². The fraction of sp³-hybridized carbons (Fsp3) is 0.739. The molecule has 1 aliphatic rings. The Morgan fingerprint density at radius 1 is 0.778 bits per heavy atom. The molecule has 1 heterocycles. The van der Waals surface area contributed by atoms with Gasteiger partial charge in [-0.25, -0.2) is 0 Å². The van der Waals surface area contributed by atoms with E-state index in [0.717, 1.165) is 5.56 Å². The Morgan fingerprint density at radius 3 is 1.58 bits per heavy atom. The van der Waals surface area contributed by atoms with E-state index in [1.165, 1.54) is 7.11 Å². The minimum atomic E-state index is -3.66. The zero-order valence-corrected chi connectivity index (χ0v) is 21.7. The van der Waals surface area contributed by atoms with Crippen LogP contribution >= 0.6 is 7.60 Å². The van der Waals surface area contributed by atoms with Crippen molar-refractivity contribution in [3.05, 3.63) is 35.4 Å². The molecule has 1 aromatic carbocycles. The van der Waals surface area contributed by atoms with E-state index in [4.69, 9.17) is 0 Å². The normalized spacial score (nSPS) is 22.1. The van der Waals surface area contributed by atoms with E-state index in [-0.39, 0.29) is 19.4 Å². The van der Waals surface area contributed by atoms with Gasteiger partial charge >= 0.3 is 7.60 Å². The molecule has 5 atom stereocenters. The molecular weight excluding hydrogens is 493 g/mol. The minimum absolute atomic E-state index is 0.0805. The molecule has 0 bridgehead atoms. The highest BCUT2D eigenvalue weighted by Gasteiger charge is 2.30. The smallest absolute Gasteiger partial charge is 0.332 e. The predicted molar refractivity (Wildman–Crippen MR) is 133 cm³/mol. The van der Waals surface area contributed by atoms with Crippen LogP contribution in [0.15, 0.2) is 24.3 Å². The number of nitrogens with zero attached hydrogens (tertiary/aromatic N) is 3.